The summed E-state index contributed by atoms with van der Waals surface area (Å²) in [4.78, 5) is 10.8. The Hall–Kier alpha value is -1.83. The lowest BCUT2D eigenvalue weighted by molar-refractivity contribution is 0.0594. The molecule has 0 saturated carbocycles. The topological polar surface area (TPSA) is 57.0 Å². The Morgan fingerprint density at radius 1 is 1.92 bits per heavy atom. The van der Waals surface area contributed by atoms with Crippen molar-refractivity contribution in [2.75, 3.05) is 7.11 Å². The van der Waals surface area contributed by atoms with E-state index in [4.69, 9.17) is 6.42 Å². The van der Waals surface area contributed by atoms with E-state index in [2.05, 4.69) is 21.0 Å². The van der Waals surface area contributed by atoms with Crippen molar-refractivity contribution in [1.82, 2.24) is 15.0 Å². The van der Waals surface area contributed by atoms with E-state index < -0.39 is 5.97 Å². The molecule has 0 fully saturated rings. The van der Waals surface area contributed by atoms with Gasteiger partial charge in [0.15, 0.2) is 5.69 Å². The van der Waals surface area contributed by atoms with Crippen molar-refractivity contribution in [1.29, 1.82) is 0 Å². The van der Waals surface area contributed by atoms with Crippen LogP contribution in [-0.4, -0.2) is 28.1 Å². The van der Waals surface area contributed by atoms with Gasteiger partial charge in [0.25, 0.3) is 0 Å². The molecule has 1 aromatic heterocycles. The van der Waals surface area contributed by atoms with Gasteiger partial charge in [0.1, 0.15) is 6.54 Å². The van der Waals surface area contributed by atoms with E-state index in [9.17, 15) is 4.79 Å². The SMILES string of the molecule is C#CCn1cc(C(=O)OC)nn1. The highest BCUT2D eigenvalue weighted by atomic mass is 16.5. The summed E-state index contributed by atoms with van der Waals surface area (Å²) >= 11 is 0. The number of rotatable bonds is 2. The Labute approximate surface area is 69.3 Å². The van der Waals surface area contributed by atoms with E-state index in [0.717, 1.165) is 0 Å². The molecule has 0 bridgehead atoms. The standard InChI is InChI=1S/C7H7N3O2/c1-3-4-10-5-6(8-9-10)7(11)12-2/h1,5H,4H2,2H3. The van der Waals surface area contributed by atoms with Gasteiger partial charge in [-0.3, -0.25) is 0 Å². The molecule has 62 valence electrons. The second-order valence-electron chi connectivity index (χ2n) is 2.00. The van der Waals surface area contributed by atoms with Gasteiger partial charge >= 0.3 is 5.97 Å². The zero-order chi connectivity index (χ0) is 8.97. The van der Waals surface area contributed by atoms with Gasteiger partial charge in [-0.25, -0.2) is 9.48 Å². The first kappa shape index (κ1) is 8.27. The summed E-state index contributed by atoms with van der Waals surface area (Å²) in [6.07, 6.45) is 6.46. The zero-order valence-electron chi connectivity index (χ0n) is 6.52. The maximum Gasteiger partial charge on any atom is 0.360 e. The number of ether oxygens (including phenoxy) is 1. The number of nitrogens with zero attached hydrogens (tertiary/aromatic N) is 3. The van der Waals surface area contributed by atoms with Gasteiger partial charge in [-0.15, -0.1) is 11.5 Å². The minimum Gasteiger partial charge on any atom is -0.464 e. The molecule has 0 spiro atoms. The quantitative estimate of drug-likeness (QED) is 0.446. The smallest absolute Gasteiger partial charge is 0.360 e. The molecular formula is C7H7N3O2. The second kappa shape index (κ2) is 3.53. The van der Waals surface area contributed by atoms with Crippen molar-refractivity contribution in [2.45, 2.75) is 6.54 Å². The number of esters is 1. The molecule has 0 aliphatic rings. The van der Waals surface area contributed by atoms with Crippen LogP contribution in [0.15, 0.2) is 6.20 Å². The van der Waals surface area contributed by atoms with Gasteiger partial charge in [0.05, 0.1) is 13.3 Å². The second-order valence-corrected chi connectivity index (χ2v) is 2.00. The van der Waals surface area contributed by atoms with Gasteiger partial charge in [-0.2, -0.15) is 0 Å². The summed E-state index contributed by atoms with van der Waals surface area (Å²) in [6, 6.07) is 0. The highest BCUT2D eigenvalue weighted by molar-refractivity contribution is 5.86. The van der Waals surface area contributed by atoms with Crippen LogP contribution in [0.1, 0.15) is 10.5 Å². The molecule has 0 unspecified atom stereocenters. The van der Waals surface area contributed by atoms with Gasteiger partial charge < -0.3 is 4.74 Å². The van der Waals surface area contributed by atoms with E-state index in [-0.39, 0.29) is 5.69 Å². The number of hydrogen-bond acceptors (Lipinski definition) is 4. The minimum absolute atomic E-state index is 0.160. The Balaban J connectivity index is 2.78. The first-order valence-corrected chi connectivity index (χ1v) is 3.20. The lowest BCUT2D eigenvalue weighted by Crippen LogP contribution is -2.01. The molecule has 0 atom stereocenters. The number of aromatic nitrogens is 3. The molecule has 0 aliphatic carbocycles. The Morgan fingerprint density at radius 3 is 3.25 bits per heavy atom. The Bertz CT molecular complexity index is 324. The van der Waals surface area contributed by atoms with Crippen LogP contribution in [0.2, 0.25) is 0 Å². The summed E-state index contributed by atoms with van der Waals surface area (Å²) in [5, 5.41) is 7.15. The highest BCUT2D eigenvalue weighted by Crippen LogP contribution is 1.94. The van der Waals surface area contributed by atoms with Crippen LogP contribution in [0.5, 0.6) is 0 Å². The van der Waals surface area contributed by atoms with Gasteiger partial charge in [-0.05, 0) is 0 Å². The van der Waals surface area contributed by atoms with Crippen LogP contribution in [0.25, 0.3) is 0 Å². The third-order valence-electron chi connectivity index (χ3n) is 1.19. The molecule has 0 radical (unpaired) electrons. The van der Waals surface area contributed by atoms with Crippen molar-refractivity contribution in [2.24, 2.45) is 0 Å². The van der Waals surface area contributed by atoms with Gasteiger partial charge in [-0.1, -0.05) is 11.1 Å². The van der Waals surface area contributed by atoms with E-state index in [0.29, 0.717) is 6.54 Å². The number of hydrogen-bond donors (Lipinski definition) is 0. The van der Waals surface area contributed by atoms with Crippen LogP contribution >= 0.6 is 0 Å². The minimum atomic E-state index is -0.515. The van der Waals surface area contributed by atoms with E-state index in [1.807, 2.05) is 0 Å². The van der Waals surface area contributed by atoms with Crippen LogP contribution in [0.3, 0.4) is 0 Å². The zero-order valence-corrected chi connectivity index (χ0v) is 6.52. The summed E-state index contributed by atoms with van der Waals surface area (Å²) in [5.41, 5.74) is 0.160. The van der Waals surface area contributed by atoms with Crippen molar-refractivity contribution in [3.8, 4) is 12.3 Å². The number of methoxy groups -OCH3 is 1. The highest BCUT2D eigenvalue weighted by Gasteiger charge is 2.09. The molecule has 5 heteroatoms. The number of carbonyl (C=O) groups is 1. The fourth-order valence-electron chi connectivity index (χ4n) is 0.667. The normalized spacial score (nSPS) is 9.00. The molecular weight excluding hydrogens is 158 g/mol. The van der Waals surface area contributed by atoms with Crippen molar-refractivity contribution in [3.63, 3.8) is 0 Å². The molecule has 1 rings (SSSR count). The first-order chi connectivity index (χ1) is 5.77. The molecule has 5 nitrogen and oxygen atoms in total. The van der Waals surface area contributed by atoms with Crippen LogP contribution in [-0.2, 0) is 11.3 Å². The van der Waals surface area contributed by atoms with E-state index in [1.165, 1.54) is 18.0 Å². The Kier molecular flexibility index (Phi) is 2.43. The van der Waals surface area contributed by atoms with Gasteiger partial charge in [0, 0.05) is 0 Å². The van der Waals surface area contributed by atoms with Crippen LogP contribution in [0, 0.1) is 12.3 Å². The molecule has 0 amide bonds. The molecule has 1 heterocycles. The van der Waals surface area contributed by atoms with Crippen molar-refractivity contribution >= 4 is 5.97 Å². The molecule has 0 N–H and O–H groups in total. The van der Waals surface area contributed by atoms with E-state index >= 15 is 0 Å². The maximum absolute atomic E-state index is 10.8. The molecule has 0 aromatic carbocycles. The molecule has 0 aliphatic heterocycles. The predicted molar refractivity (Wildman–Crippen MR) is 40.2 cm³/mol. The monoisotopic (exact) mass is 165 g/mol. The molecule has 1 aromatic rings. The summed E-state index contributed by atoms with van der Waals surface area (Å²) in [5.74, 6) is 1.85. The third-order valence-corrected chi connectivity index (χ3v) is 1.19. The summed E-state index contributed by atoms with van der Waals surface area (Å²) in [6.45, 7) is 0.296. The lowest BCUT2D eigenvalue weighted by atomic mass is 10.5. The fourth-order valence-corrected chi connectivity index (χ4v) is 0.667. The number of terminal acetylenes is 1. The first-order valence-electron chi connectivity index (χ1n) is 3.20. The molecule has 12 heavy (non-hydrogen) atoms. The van der Waals surface area contributed by atoms with E-state index in [1.54, 1.807) is 0 Å². The Morgan fingerprint density at radius 2 is 2.67 bits per heavy atom. The third kappa shape index (κ3) is 1.61. The van der Waals surface area contributed by atoms with Crippen LogP contribution < -0.4 is 0 Å². The van der Waals surface area contributed by atoms with Crippen molar-refractivity contribution < 1.29 is 9.53 Å². The lowest BCUT2D eigenvalue weighted by Gasteiger charge is -1.89. The average molecular weight is 165 g/mol. The molecule has 0 saturated heterocycles. The summed E-state index contributed by atoms with van der Waals surface area (Å²) in [7, 11) is 1.28. The van der Waals surface area contributed by atoms with Crippen LogP contribution in [0.4, 0.5) is 0 Å². The predicted octanol–water partition coefficient (Wildman–Crippen LogP) is -0.302. The van der Waals surface area contributed by atoms with Crippen molar-refractivity contribution in [3.05, 3.63) is 11.9 Å². The number of carbonyl (C=O) groups excluding carboxylic acids is 1. The average Bonchev–Trinajstić information content (AvgIpc) is 2.52. The largest absolute Gasteiger partial charge is 0.464 e. The fraction of sp³-hybridized carbons (Fsp3) is 0.286. The van der Waals surface area contributed by atoms with Gasteiger partial charge in [0.2, 0.25) is 0 Å². The maximum atomic E-state index is 10.8. The summed E-state index contributed by atoms with van der Waals surface area (Å²) < 4.78 is 5.80.